The smallest absolute Gasteiger partial charge is 0.223 e. The van der Waals surface area contributed by atoms with Crippen molar-refractivity contribution in [1.29, 1.82) is 0 Å². The van der Waals surface area contributed by atoms with Crippen LogP contribution >= 0.6 is 0 Å². The zero-order valence-corrected chi connectivity index (χ0v) is 10.8. The standard InChI is InChI=1S/C13H14N4O2/c1-7-10(19)4-3-9-11(7)16-13(15-8(2)18)17-6-5-14-12(9)17/h3-4,19H,5-6H2,1-2H3,(H,15,16,18). The SMILES string of the molecule is CC(=O)NC1=Nc2c(ccc(O)c2C)C2=NCCN12. The fraction of sp³-hybridized carbons (Fsp3) is 0.308. The van der Waals surface area contributed by atoms with Gasteiger partial charge >= 0.3 is 0 Å². The van der Waals surface area contributed by atoms with Gasteiger partial charge in [0.05, 0.1) is 12.2 Å². The lowest BCUT2D eigenvalue weighted by Crippen LogP contribution is -2.47. The van der Waals surface area contributed by atoms with Gasteiger partial charge in [0.25, 0.3) is 0 Å². The minimum absolute atomic E-state index is 0.175. The van der Waals surface area contributed by atoms with Crippen LogP contribution in [0.5, 0.6) is 5.75 Å². The molecule has 0 aromatic heterocycles. The van der Waals surface area contributed by atoms with Crippen molar-refractivity contribution in [3.63, 3.8) is 0 Å². The van der Waals surface area contributed by atoms with Gasteiger partial charge < -0.3 is 5.11 Å². The number of rotatable bonds is 0. The van der Waals surface area contributed by atoms with Crippen LogP contribution in [0.25, 0.3) is 0 Å². The second-order valence-corrected chi connectivity index (χ2v) is 4.58. The maximum absolute atomic E-state index is 11.3. The molecule has 2 aliphatic rings. The zero-order valence-electron chi connectivity index (χ0n) is 10.8. The van der Waals surface area contributed by atoms with Gasteiger partial charge in [-0.2, -0.15) is 0 Å². The molecule has 0 aliphatic carbocycles. The highest BCUT2D eigenvalue weighted by Crippen LogP contribution is 2.35. The van der Waals surface area contributed by atoms with Gasteiger partial charge in [-0.05, 0) is 19.1 Å². The summed E-state index contributed by atoms with van der Waals surface area (Å²) in [7, 11) is 0. The Balaban J connectivity index is 2.19. The van der Waals surface area contributed by atoms with Gasteiger partial charge in [-0.1, -0.05) is 0 Å². The molecule has 2 heterocycles. The minimum Gasteiger partial charge on any atom is -0.508 e. The number of guanidine groups is 1. The number of aliphatic imine (C=N–C) groups is 2. The molecule has 1 aromatic carbocycles. The third-order valence-corrected chi connectivity index (χ3v) is 3.25. The molecule has 3 rings (SSSR count). The van der Waals surface area contributed by atoms with E-state index in [0.717, 1.165) is 11.4 Å². The van der Waals surface area contributed by atoms with E-state index < -0.39 is 0 Å². The van der Waals surface area contributed by atoms with Crippen molar-refractivity contribution in [1.82, 2.24) is 10.2 Å². The van der Waals surface area contributed by atoms with Crippen molar-refractivity contribution in [3.8, 4) is 5.75 Å². The normalized spacial score (nSPS) is 16.4. The van der Waals surface area contributed by atoms with Crippen molar-refractivity contribution >= 4 is 23.4 Å². The van der Waals surface area contributed by atoms with Gasteiger partial charge in [-0.25, -0.2) is 4.99 Å². The van der Waals surface area contributed by atoms with Crippen LogP contribution in [0, 0.1) is 6.92 Å². The summed E-state index contributed by atoms with van der Waals surface area (Å²) in [5.74, 6) is 1.30. The first-order valence-corrected chi connectivity index (χ1v) is 6.09. The average molecular weight is 258 g/mol. The van der Waals surface area contributed by atoms with Gasteiger partial charge in [0.15, 0.2) is 0 Å². The van der Waals surface area contributed by atoms with Crippen molar-refractivity contribution in [3.05, 3.63) is 23.3 Å². The van der Waals surface area contributed by atoms with Crippen molar-refractivity contribution in [2.75, 3.05) is 13.1 Å². The Kier molecular flexibility index (Phi) is 2.51. The largest absolute Gasteiger partial charge is 0.508 e. The number of phenolic OH excluding ortho intramolecular Hbond substituents is 1. The summed E-state index contributed by atoms with van der Waals surface area (Å²) in [4.78, 5) is 22.1. The Hall–Kier alpha value is -2.37. The van der Waals surface area contributed by atoms with E-state index in [1.54, 1.807) is 13.0 Å². The molecule has 0 saturated heterocycles. The van der Waals surface area contributed by atoms with Gasteiger partial charge in [0.1, 0.15) is 11.6 Å². The molecule has 2 N–H and O–H groups in total. The molecule has 6 heteroatoms. The number of benzene rings is 1. The number of carbonyl (C=O) groups excluding carboxylic acids is 1. The summed E-state index contributed by atoms with van der Waals surface area (Å²) < 4.78 is 0. The van der Waals surface area contributed by atoms with Crippen LogP contribution in [0.15, 0.2) is 22.1 Å². The second kappa shape index (κ2) is 4.08. The van der Waals surface area contributed by atoms with E-state index in [2.05, 4.69) is 15.3 Å². The highest BCUT2D eigenvalue weighted by Gasteiger charge is 2.31. The Bertz CT molecular complexity index is 634. The molecule has 0 spiro atoms. The van der Waals surface area contributed by atoms with Crippen molar-refractivity contribution < 1.29 is 9.90 Å². The molecule has 0 atom stereocenters. The maximum Gasteiger partial charge on any atom is 0.223 e. The quantitative estimate of drug-likeness (QED) is 0.725. The third-order valence-electron chi connectivity index (χ3n) is 3.25. The molecule has 0 bridgehead atoms. The van der Waals surface area contributed by atoms with E-state index in [1.807, 2.05) is 11.0 Å². The molecular formula is C13H14N4O2. The van der Waals surface area contributed by atoms with Crippen LogP contribution in [0.4, 0.5) is 5.69 Å². The summed E-state index contributed by atoms with van der Waals surface area (Å²) in [6.07, 6.45) is 0. The van der Waals surface area contributed by atoms with Crippen LogP contribution in [0.3, 0.4) is 0 Å². The monoisotopic (exact) mass is 258 g/mol. The molecule has 2 aliphatic heterocycles. The predicted octanol–water partition coefficient (Wildman–Crippen LogP) is 0.900. The lowest BCUT2D eigenvalue weighted by atomic mass is 10.0. The summed E-state index contributed by atoms with van der Waals surface area (Å²) in [5.41, 5.74) is 2.25. The summed E-state index contributed by atoms with van der Waals surface area (Å²) >= 11 is 0. The highest BCUT2D eigenvalue weighted by atomic mass is 16.3. The van der Waals surface area contributed by atoms with Gasteiger partial charge in [0.2, 0.25) is 11.9 Å². The predicted molar refractivity (Wildman–Crippen MR) is 71.9 cm³/mol. The molecule has 0 unspecified atom stereocenters. The molecule has 0 fully saturated rings. The van der Waals surface area contributed by atoms with Crippen LogP contribution in [-0.2, 0) is 4.79 Å². The van der Waals surface area contributed by atoms with Gasteiger partial charge in [-0.15, -0.1) is 0 Å². The molecule has 0 radical (unpaired) electrons. The number of nitrogens with zero attached hydrogens (tertiary/aromatic N) is 3. The molecule has 6 nitrogen and oxygen atoms in total. The highest BCUT2D eigenvalue weighted by molar-refractivity contribution is 6.18. The number of fused-ring (bicyclic) bond motifs is 3. The zero-order chi connectivity index (χ0) is 13.6. The van der Waals surface area contributed by atoms with Crippen molar-refractivity contribution in [2.24, 2.45) is 9.98 Å². The van der Waals surface area contributed by atoms with E-state index in [4.69, 9.17) is 0 Å². The molecule has 19 heavy (non-hydrogen) atoms. The molecule has 98 valence electrons. The summed E-state index contributed by atoms with van der Waals surface area (Å²) in [5, 5.41) is 12.5. The van der Waals surface area contributed by atoms with Crippen LogP contribution in [0.2, 0.25) is 0 Å². The van der Waals surface area contributed by atoms with Crippen LogP contribution < -0.4 is 5.32 Å². The Morgan fingerprint density at radius 3 is 3.00 bits per heavy atom. The second-order valence-electron chi connectivity index (χ2n) is 4.58. The number of amides is 1. The summed E-state index contributed by atoms with van der Waals surface area (Å²) in [6, 6.07) is 3.45. The number of amidine groups is 1. The molecule has 1 amide bonds. The Morgan fingerprint density at radius 1 is 1.47 bits per heavy atom. The topological polar surface area (TPSA) is 77.3 Å². The maximum atomic E-state index is 11.3. The number of phenols is 1. The molecule has 0 saturated carbocycles. The average Bonchev–Trinajstić information content (AvgIpc) is 2.83. The first-order chi connectivity index (χ1) is 9.08. The molecule has 1 aromatic rings. The Morgan fingerprint density at radius 2 is 2.26 bits per heavy atom. The van der Waals surface area contributed by atoms with Crippen LogP contribution in [0.1, 0.15) is 18.1 Å². The van der Waals surface area contributed by atoms with E-state index in [9.17, 15) is 9.90 Å². The number of hydrogen-bond donors (Lipinski definition) is 2. The number of nitrogens with one attached hydrogen (secondary N) is 1. The van der Waals surface area contributed by atoms with Gasteiger partial charge in [-0.3, -0.25) is 20.0 Å². The number of hydrogen-bond acceptors (Lipinski definition) is 5. The van der Waals surface area contributed by atoms with E-state index in [1.165, 1.54) is 6.92 Å². The molecular weight excluding hydrogens is 244 g/mol. The fourth-order valence-electron chi connectivity index (χ4n) is 2.32. The number of aromatic hydroxyl groups is 1. The Labute approximate surface area is 110 Å². The van der Waals surface area contributed by atoms with Crippen molar-refractivity contribution in [2.45, 2.75) is 13.8 Å². The van der Waals surface area contributed by atoms with E-state index >= 15 is 0 Å². The summed E-state index contributed by atoms with van der Waals surface area (Å²) in [6.45, 7) is 4.62. The van der Waals surface area contributed by atoms with E-state index in [0.29, 0.717) is 30.3 Å². The number of carbonyl (C=O) groups is 1. The fourth-order valence-corrected chi connectivity index (χ4v) is 2.32. The first-order valence-electron chi connectivity index (χ1n) is 6.09. The third kappa shape index (κ3) is 1.76. The minimum atomic E-state index is -0.175. The lowest BCUT2D eigenvalue weighted by molar-refractivity contribution is -0.117. The van der Waals surface area contributed by atoms with Crippen LogP contribution in [-0.4, -0.2) is 40.8 Å². The van der Waals surface area contributed by atoms with Gasteiger partial charge in [0, 0.05) is 24.6 Å². The van der Waals surface area contributed by atoms with E-state index in [-0.39, 0.29) is 11.7 Å². The lowest BCUT2D eigenvalue weighted by Gasteiger charge is -2.28. The first kappa shape index (κ1) is 11.7.